The molecule has 14 nitrogen and oxygen atoms in total. The van der Waals surface area contributed by atoms with E-state index >= 15 is 0 Å². The van der Waals surface area contributed by atoms with Crippen LogP contribution in [0.15, 0.2) is 17.8 Å². The predicted molar refractivity (Wildman–Crippen MR) is 191 cm³/mol. The Hall–Kier alpha value is -3.98. The minimum absolute atomic E-state index is 0.0410. The summed E-state index contributed by atoms with van der Waals surface area (Å²) < 4.78 is 5.75. The van der Waals surface area contributed by atoms with Crippen LogP contribution in [-0.4, -0.2) is 104 Å². The zero-order valence-corrected chi connectivity index (χ0v) is 31.6. The van der Waals surface area contributed by atoms with Crippen molar-refractivity contribution >= 4 is 41.0 Å². The number of likely N-dealkylation sites (N-methyl/N-ethyl adjacent to an activating group) is 2. The molecule has 6 atom stereocenters. The van der Waals surface area contributed by atoms with Crippen LogP contribution in [0.2, 0.25) is 0 Å². The molecule has 51 heavy (non-hydrogen) atoms. The third-order valence-electron chi connectivity index (χ3n) is 9.80. The lowest BCUT2D eigenvalue weighted by Gasteiger charge is -2.37. The molecule has 2 aromatic rings. The largest absolute Gasteiger partial charge is 0.481 e. The van der Waals surface area contributed by atoms with Gasteiger partial charge in [0.1, 0.15) is 22.6 Å². The Balaban J connectivity index is 1.49. The van der Waals surface area contributed by atoms with Gasteiger partial charge in [-0.2, -0.15) is 0 Å². The van der Waals surface area contributed by atoms with E-state index in [1.54, 1.807) is 36.6 Å². The van der Waals surface area contributed by atoms with E-state index in [0.29, 0.717) is 10.8 Å². The highest BCUT2D eigenvalue weighted by molar-refractivity contribution is 7.09. The highest BCUT2D eigenvalue weighted by Gasteiger charge is 2.42. The molecule has 15 heteroatoms. The standard InChI is InChI=1S/C36H53N7O7S/c1-20(2)28(43(7)35(47)31(24-11-12-24)41-33(46)27-10-8-9-13-42(27)6)16-29(50-23(5)44)34-40-26(19-51-34)32(45)39-25(14-22(4)36(48)49)15-30-37-17-21(3)18-38-30/h17-20,22,24-25,27-29,31H,8-16H2,1-7H3,(H,39,45)(H,41,46)(H,48,49)/t22-,25+,27+,28+,29+,31-/m0/s1. The van der Waals surface area contributed by atoms with Gasteiger partial charge < -0.3 is 25.4 Å². The third kappa shape index (κ3) is 11.3. The van der Waals surface area contributed by atoms with Crippen LogP contribution in [0.5, 0.6) is 0 Å². The minimum atomic E-state index is -0.981. The van der Waals surface area contributed by atoms with Crippen molar-refractivity contribution in [3.63, 3.8) is 0 Å². The fourth-order valence-corrected chi connectivity index (χ4v) is 7.45. The number of ether oxygens (including phenoxy) is 1. The maximum atomic E-state index is 14.1. The number of thiazole rings is 1. The van der Waals surface area contributed by atoms with Gasteiger partial charge in [0.15, 0.2) is 6.10 Å². The number of nitrogens with one attached hydrogen (secondary N) is 2. The molecule has 2 fully saturated rings. The Labute approximate surface area is 304 Å². The molecule has 0 radical (unpaired) electrons. The van der Waals surface area contributed by atoms with Crippen molar-refractivity contribution in [3.05, 3.63) is 39.9 Å². The zero-order valence-electron chi connectivity index (χ0n) is 30.8. The summed E-state index contributed by atoms with van der Waals surface area (Å²) in [7, 11) is 3.67. The van der Waals surface area contributed by atoms with Crippen LogP contribution in [0.25, 0.3) is 0 Å². The molecule has 2 aromatic heterocycles. The lowest BCUT2D eigenvalue weighted by atomic mass is 9.95. The van der Waals surface area contributed by atoms with Crippen molar-refractivity contribution in [2.45, 2.75) is 116 Å². The maximum Gasteiger partial charge on any atom is 0.306 e. The van der Waals surface area contributed by atoms with E-state index < -0.39 is 42.0 Å². The van der Waals surface area contributed by atoms with E-state index in [-0.39, 0.29) is 60.7 Å². The summed E-state index contributed by atoms with van der Waals surface area (Å²) in [6.45, 7) is 9.55. The summed E-state index contributed by atoms with van der Waals surface area (Å²) in [5.74, 6) is -2.53. The van der Waals surface area contributed by atoms with Crippen LogP contribution in [0.4, 0.5) is 0 Å². The molecular weight excluding hydrogens is 675 g/mol. The van der Waals surface area contributed by atoms with E-state index in [4.69, 9.17) is 4.74 Å². The number of hydrogen-bond donors (Lipinski definition) is 3. The Bertz CT molecular complexity index is 1530. The Morgan fingerprint density at radius 3 is 2.33 bits per heavy atom. The molecule has 3 N–H and O–H groups in total. The predicted octanol–water partition coefficient (Wildman–Crippen LogP) is 3.55. The molecular formula is C36H53N7O7S. The minimum Gasteiger partial charge on any atom is -0.481 e. The average molecular weight is 728 g/mol. The first-order valence-corrected chi connectivity index (χ1v) is 18.7. The number of amides is 3. The van der Waals surface area contributed by atoms with E-state index in [2.05, 4.69) is 30.5 Å². The topological polar surface area (TPSA) is 184 Å². The smallest absolute Gasteiger partial charge is 0.306 e. The van der Waals surface area contributed by atoms with Crippen LogP contribution in [0, 0.1) is 24.7 Å². The summed E-state index contributed by atoms with van der Waals surface area (Å²) in [4.78, 5) is 81.7. The quantitative estimate of drug-likeness (QED) is 0.203. The molecule has 3 heterocycles. The van der Waals surface area contributed by atoms with Gasteiger partial charge in [-0.1, -0.05) is 27.2 Å². The number of nitrogens with zero attached hydrogens (tertiary/aromatic N) is 5. The normalized spacial score (nSPS) is 19.3. The second-order valence-electron chi connectivity index (χ2n) is 14.5. The molecule has 280 valence electrons. The lowest BCUT2D eigenvalue weighted by Crippen LogP contribution is -2.56. The number of hydrogen-bond acceptors (Lipinski definition) is 11. The lowest BCUT2D eigenvalue weighted by molar-refractivity contribution is -0.149. The zero-order chi connectivity index (χ0) is 37.4. The van der Waals surface area contributed by atoms with Crippen molar-refractivity contribution < 1.29 is 33.8 Å². The molecule has 0 aromatic carbocycles. The maximum absolute atomic E-state index is 14.1. The molecule has 1 saturated carbocycles. The summed E-state index contributed by atoms with van der Waals surface area (Å²) in [6, 6.07) is -1.85. The monoisotopic (exact) mass is 727 g/mol. The van der Waals surface area contributed by atoms with E-state index in [9.17, 15) is 29.1 Å². The first-order chi connectivity index (χ1) is 24.1. The van der Waals surface area contributed by atoms with Crippen molar-refractivity contribution in [3.8, 4) is 0 Å². The number of carbonyl (C=O) groups is 5. The second-order valence-corrected chi connectivity index (χ2v) is 15.4. The second kappa shape index (κ2) is 18.0. The van der Waals surface area contributed by atoms with Crippen molar-refractivity contribution in [2.24, 2.45) is 17.8 Å². The van der Waals surface area contributed by atoms with Gasteiger partial charge in [0.25, 0.3) is 5.91 Å². The number of rotatable bonds is 17. The number of esters is 1. The number of aromatic nitrogens is 3. The summed E-state index contributed by atoms with van der Waals surface area (Å²) >= 11 is 1.17. The number of likely N-dealkylation sites (tertiary alicyclic amines) is 1. The molecule has 4 rings (SSSR count). The van der Waals surface area contributed by atoms with Crippen LogP contribution >= 0.6 is 11.3 Å². The molecule has 3 amide bonds. The number of piperidine rings is 1. The van der Waals surface area contributed by atoms with Crippen LogP contribution in [0.1, 0.15) is 106 Å². The van der Waals surface area contributed by atoms with Gasteiger partial charge in [0.2, 0.25) is 11.8 Å². The fraction of sp³-hybridized carbons (Fsp3) is 0.667. The average Bonchev–Trinajstić information content (AvgIpc) is 3.80. The van der Waals surface area contributed by atoms with Gasteiger partial charge in [0, 0.05) is 56.7 Å². The SMILES string of the molecule is CC(=O)O[C@H](C[C@H](C(C)C)N(C)C(=O)[C@@H](NC(=O)[C@H]1CCCCN1C)C1CC1)c1nc(C(=O)N[C@@H](Cc2ncc(C)cn2)C[C@H](C)C(=O)O)cs1. The summed E-state index contributed by atoms with van der Waals surface area (Å²) in [6.07, 6.45) is 7.62. The van der Waals surface area contributed by atoms with Crippen molar-refractivity contribution in [1.82, 2.24) is 35.4 Å². The molecule has 0 unspecified atom stereocenters. The first-order valence-electron chi connectivity index (χ1n) is 17.9. The number of aliphatic carboxylic acids is 1. The fourth-order valence-electron chi connectivity index (χ4n) is 6.61. The van der Waals surface area contributed by atoms with Gasteiger partial charge >= 0.3 is 11.9 Å². The summed E-state index contributed by atoms with van der Waals surface area (Å²) in [5, 5.41) is 17.5. The van der Waals surface area contributed by atoms with Gasteiger partial charge in [-0.05, 0) is 70.0 Å². The molecule has 1 saturated heterocycles. The molecule has 1 aliphatic heterocycles. The van der Waals surface area contributed by atoms with E-state index in [1.165, 1.54) is 18.3 Å². The van der Waals surface area contributed by atoms with Gasteiger partial charge in [-0.15, -0.1) is 11.3 Å². The van der Waals surface area contributed by atoms with E-state index in [0.717, 1.165) is 44.2 Å². The number of carboxylic acid groups (broad SMARTS) is 1. The molecule has 0 spiro atoms. The Morgan fingerprint density at radius 1 is 1.06 bits per heavy atom. The number of aryl methyl sites for hydroxylation is 1. The van der Waals surface area contributed by atoms with Crippen LogP contribution < -0.4 is 10.6 Å². The highest BCUT2D eigenvalue weighted by Crippen LogP contribution is 2.36. The first kappa shape index (κ1) is 39.8. The van der Waals surface area contributed by atoms with Crippen LogP contribution in [-0.2, 0) is 30.3 Å². The number of carbonyl (C=O) groups excluding carboxylic acids is 4. The molecule has 1 aliphatic carbocycles. The molecule has 2 aliphatic rings. The summed E-state index contributed by atoms with van der Waals surface area (Å²) in [5.41, 5.74) is 0.975. The number of carboxylic acids is 1. The molecule has 0 bridgehead atoms. The van der Waals surface area contributed by atoms with Gasteiger partial charge in [-0.25, -0.2) is 15.0 Å². The Kier molecular flexibility index (Phi) is 14.0. The van der Waals surface area contributed by atoms with Gasteiger partial charge in [-0.3, -0.25) is 28.9 Å². The van der Waals surface area contributed by atoms with Gasteiger partial charge in [0.05, 0.1) is 12.0 Å². The Morgan fingerprint density at radius 2 is 1.75 bits per heavy atom. The van der Waals surface area contributed by atoms with E-state index in [1.807, 2.05) is 27.8 Å². The van der Waals surface area contributed by atoms with Crippen molar-refractivity contribution in [2.75, 3.05) is 20.6 Å². The van der Waals surface area contributed by atoms with Crippen molar-refractivity contribution in [1.29, 1.82) is 0 Å². The third-order valence-corrected chi connectivity index (χ3v) is 10.7. The van der Waals surface area contributed by atoms with Crippen LogP contribution in [0.3, 0.4) is 0 Å². The highest BCUT2D eigenvalue weighted by atomic mass is 32.1.